The first-order valence-electron chi connectivity index (χ1n) is 8.35. The lowest BCUT2D eigenvalue weighted by Crippen LogP contribution is -2.21. The second-order valence-electron chi connectivity index (χ2n) is 5.98. The minimum absolute atomic E-state index is 0.0412. The van der Waals surface area contributed by atoms with Crippen LogP contribution in [0.1, 0.15) is 17.5 Å². The highest BCUT2D eigenvalue weighted by Gasteiger charge is 2.16. The number of nitrogens with zero attached hydrogens (tertiary/aromatic N) is 1. The molecule has 0 atom stereocenters. The number of benzene rings is 2. The number of hydrogen-bond donors (Lipinski definition) is 1. The van der Waals surface area contributed by atoms with E-state index in [2.05, 4.69) is 5.32 Å². The van der Waals surface area contributed by atoms with Crippen molar-refractivity contribution in [3.63, 3.8) is 0 Å². The monoisotopic (exact) mass is 406 g/mol. The molecule has 0 aliphatic carbocycles. The summed E-state index contributed by atoms with van der Waals surface area (Å²) < 4.78 is 18.2. The van der Waals surface area contributed by atoms with Crippen molar-refractivity contribution < 1.29 is 23.6 Å². The Labute approximate surface area is 165 Å². The normalized spacial score (nSPS) is 10.4. The van der Waals surface area contributed by atoms with Crippen LogP contribution >= 0.6 is 11.8 Å². The molecular weight excluding hydrogens is 387 g/mol. The molecule has 2 rings (SSSR count). The number of ether oxygens (including phenoxy) is 1. The number of esters is 1. The highest BCUT2D eigenvalue weighted by Crippen LogP contribution is 2.22. The molecule has 7 nitrogen and oxygen atoms in total. The molecule has 148 valence electrons. The van der Waals surface area contributed by atoms with E-state index in [9.17, 15) is 24.1 Å². The van der Waals surface area contributed by atoms with Crippen molar-refractivity contribution >= 4 is 35.0 Å². The Morgan fingerprint density at radius 2 is 1.93 bits per heavy atom. The van der Waals surface area contributed by atoms with E-state index < -0.39 is 34.9 Å². The Morgan fingerprint density at radius 1 is 1.18 bits per heavy atom. The number of carbonyl (C=O) groups excluding carboxylic acids is 2. The van der Waals surface area contributed by atoms with Gasteiger partial charge in [-0.1, -0.05) is 6.07 Å². The van der Waals surface area contributed by atoms with Crippen LogP contribution in [-0.2, 0) is 14.3 Å². The molecule has 2 aromatic carbocycles. The quantitative estimate of drug-likeness (QED) is 0.308. The SMILES string of the molecule is Cc1ccc(SCCC(=O)OCC(=O)Nc2ccc(F)c([N+](=O)[O-])c2)cc1C. The van der Waals surface area contributed by atoms with Crippen molar-refractivity contribution in [2.45, 2.75) is 25.2 Å². The molecule has 9 heteroatoms. The second-order valence-corrected chi connectivity index (χ2v) is 7.15. The van der Waals surface area contributed by atoms with Gasteiger partial charge in [0.15, 0.2) is 6.61 Å². The summed E-state index contributed by atoms with van der Waals surface area (Å²) in [6, 6.07) is 9.00. The third kappa shape index (κ3) is 6.34. The number of thioether (sulfide) groups is 1. The van der Waals surface area contributed by atoms with Gasteiger partial charge in [-0.15, -0.1) is 11.8 Å². The summed E-state index contributed by atoms with van der Waals surface area (Å²) in [6.07, 6.45) is 0.132. The molecule has 0 unspecified atom stereocenters. The molecule has 0 fully saturated rings. The van der Waals surface area contributed by atoms with E-state index in [0.29, 0.717) is 5.75 Å². The standard InChI is InChI=1S/C19H19FN2O5S/c1-12-3-5-15(9-13(12)2)28-8-7-19(24)27-11-18(23)21-14-4-6-16(20)17(10-14)22(25)26/h3-6,9-10H,7-8,11H2,1-2H3,(H,21,23). The Kier molecular flexibility index (Phi) is 7.51. The van der Waals surface area contributed by atoms with Gasteiger partial charge < -0.3 is 10.1 Å². The van der Waals surface area contributed by atoms with Crippen LogP contribution in [0.4, 0.5) is 15.8 Å². The summed E-state index contributed by atoms with van der Waals surface area (Å²) >= 11 is 1.51. The maximum absolute atomic E-state index is 13.3. The fourth-order valence-corrected chi connectivity index (χ4v) is 3.13. The van der Waals surface area contributed by atoms with Gasteiger partial charge in [0.2, 0.25) is 5.82 Å². The summed E-state index contributed by atoms with van der Waals surface area (Å²) in [5, 5.41) is 13.0. The van der Waals surface area contributed by atoms with Crippen molar-refractivity contribution in [3.8, 4) is 0 Å². The molecule has 0 saturated carbocycles. The molecule has 0 heterocycles. The van der Waals surface area contributed by atoms with Crippen molar-refractivity contribution in [2.75, 3.05) is 17.7 Å². The van der Waals surface area contributed by atoms with Gasteiger partial charge in [-0.3, -0.25) is 19.7 Å². The van der Waals surface area contributed by atoms with Crippen molar-refractivity contribution in [2.24, 2.45) is 0 Å². The van der Waals surface area contributed by atoms with Crippen molar-refractivity contribution in [1.29, 1.82) is 0 Å². The van der Waals surface area contributed by atoms with Crippen molar-refractivity contribution in [3.05, 3.63) is 63.5 Å². The Hall–Kier alpha value is -2.94. The first kappa shape index (κ1) is 21.4. The maximum atomic E-state index is 13.3. The molecule has 0 radical (unpaired) electrons. The highest BCUT2D eigenvalue weighted by atomic mass is 32.2. The molecule has 2 aromatic rings. The number of anilines is 1. The van der Waals surface area contributed by atoms with Crippen LogP contribution in [0.25, 0.3) is 0 Å². The smallest absolute Gasteiger partial charge is 0.307 e. The van der Waals surface area contributed by atoms with E-state index >= 15 is 0 Å². The van der Waals surface area contributed by atoms with Gasteiger partial charge >= 0.3 is 11.7 Å². The third-order valence-corrected chi connectivity index (χ3v) is 4.84. The lowest BCUT2D eigenvalue weighted by molar-refractivity contribution is -0.387. The fraction of sp³-hybridized carbons (Fsp3) is 0.263. The van der Waals surface area contributed by atoms with E-state index in [4.69, 9.17) is 4.74 Å². The summed E-state index contributed by atoms with van der Waals surface area (Å²) in [7, 11) is 0. The molecule has 0 bridgehead atoms. The summed E-state index contributed by atoms with van der Waals surface area (Å²) in [4.78, 5) is 34.4. The minimum Gasteiger partial charge on any atom is -0.456 e. The van der Waals surface area contributed by atoms with Gasteiger partial charge in [0.1, 0.15) is 0 Å². The number of nitro benzene ring substituents is 1. The Bertz CT molecular complexity index is 904. The summed E-state index contributed by atoms with van der Waals surface area (Å²) in [6.45, 7) is 3.51. The van der Waals surface area contributed by atoms with Gasteiger partial charge in [0.05, 0.1) is 11.3 Å². The Morgan fingerprint density at radius 3 is 2.61 bits per heavy atom. The number of hydrogen-bond acceptors (Lipinski definition) is 6. The number of carbonyl (C=O) groups is 2. The molecule has 1 amide bonds. The predicted octanol–water partition coefficient (Wildman–Crippen LogP) is 4.01. The van der Waals surface area contributed by atoms with E-state index in [-0.39, 0.29) is 12.1 Å². The van der Waals surface area contributed by atoms with Gasteiger partial charge in [0, 0.05) is 22.4 Å². The Balaban J connectivity index is 1.74. The van der Waals surface area contributed by atoms with Gasteiger partial charge in [-0.05, 0) is 49.2 Å². The predicted molar refractivity (Wildman–Crippen MR) is 104 cm³/mol. The molecule has 0 aliphatic heterocycles. The number of nitrogens with one attached hydrogen (secondary N) is 1. The molecule has 0 spiro atoms. The van der Waals surface area contributed by atoms with Crippen molar-refractivity contribution in [1.82, 2.24) is 0 Å². The third-order valence-electron chi connectivity index (χ3n) is 3.84. The first-order valence-corrected chi connectivity index (χ1v) is 9.34. The summed E-state index contributed by atoms with van der Waals surface area (Å²) in [5.74, 6) is -1.70. The van der Waals surface area contributed by atoms with Crippen LogP contribution in [0.2, 0.25) is 0 Å². The van der Waals surface area contributed by atoms with Crippen LogP contribution in [0.5, 0.6) is 0 Å². The zero-order valence-corrected chi connectivity index (χ0v) is 16.2. The largest absolute Gasteiger partial charge is 0.456 e. The van der Waals surface area contributed by atoms with E-state index in [1.54, 1.807) is 0 Å². The van der Waals surface area contributed by atoms with E-state index in [1.165, 1.54) is 29.0 Å². The van der Waals surface area contributed by atoms with Crippen LogP contribution in [-0.4, -0.2) is 29.2 Å². The van der Waals surface area contributed by atoms with Crippen LogP contribution in [0, 0.1) is 29.8 Å². The lowest BCUT2D eigenvalue weighted by atomic mass is 10.1. The van der Waals surface area contributed by atoms with Gasteiger partial charge in [-0.2, -0.15) is 4.39 Å². The molecular formula is C19H19FN2O5S. The molecule has 0 aliphatic rings. The number of rotatable bonds is 8. The zero-order chi connectivity index (χ0) is 20.7. The number of halogens is 1. The second kappa shape index (κ2) is 9.84. The average Bonchev–Trinajstić information content (AvgIpc) is 2.64. The number of amides is 1. The van der Waals surface area contributed by atoms with Crippen LogP contribution in [0.15, 0.2) is 41.3 Å². The molecule has 28 heavy (non-hydrogen) atoms. The molecule has 1 N–H and O–H groups in total. The lowest BCUT2D eigenvalue weighted by Gasteiger charge is -2.07. The van der Waals surface area contributed by atoms with E-state index in [1.807, 2.05) is 32.0 Å². The average molecular weight is 406 g/mol. The maximum Gasteiger partial charge on any atom is 0.307 e. The zero-order valence-electron chi connectivity index (χ0n) is 15.4. The minimum atomic E-state index is -1.00. The van der Waals surface area contributed by atoms with Crippen LogP contribution in [0.3, 0.4) is 0 Å². The first-order chi connectivity index (χ1) is 13.3. The highest BCUT2D eigenvalue weighted by molar-refractivity contribution is 7.99. The van der Waals surface area contributed by atoms with Gasteiger partial charge in [-0.25, -0.2) is 0 Å². The molecule has 0 saturated heterocycles. The molecule has 0 aromatic heterocycles. The summed E-state index contributed by atoms with van der Waals surface area (Å²) in [5.41, 5.74) is 1.66. The van der Waals surface area contributed by atoms with Gasteiger partial charge in [0.25, 0.3) is 5.91 Å². The van der Waals surface area contributed by atoms with Crippen LogP contribution < -0.4 is 5.32 Å². The fourth-order valence-electron chi connectivity index (χ4n) is 2.20. The topological polar surface area (TPSA) is 98.5 Å². The number of nitro groups is 1. The number of aryl methyl sites for hydroxylation is 2. The van der Waals surface area contributed by atoms with E-state index in [0.717, 1.165) is 17.0 Å².